The maximum atomic E-state index is 13.6. The van der Waals surface area contributed by atoms with Gasteiger partial charge in [0.2, 0.25) is 5.91 Å². The number of carbonyl (C=O) groups is 2. The first-order valence-electron chi connectivity index (χ1n) is 8.65. The summed E-state index contributed by atoms with van der Waals surface area (Å²) < 4.78 is 31.9. The molecule has 1 aliphatic heterocycles. The largest absolute Gasteiger partial charge is 0.450 e. The van der Waals surface area contributed by atoms with Crippen LogP contribution in [0.5, 0.6) is 0 Å². The summed E-state index contributed by atoms with van der Waals surface area (Å²) in [5.41, 5.74) is 7.47. The standard InChI is InChI=1S/C19H19F2N3O3S/c1-2-27-19(26)24-9-8-12-14(10-24)28-18(17(12)22)23-15(25)7-6-11-4-3-5-13(20)16(11)21/h3-7H,2,8-10,22H2,1H3,(H,23,25)/b7-6+. The first-order chi connectivity index (χ1) is 13.4. The van der Waals surface area contributed by atoms with Crippen LogP contribution in [0.4, 0.5) is 24.3 Å². The highest BCUT2D eigenvalue weighted by molar-refractivity contribution is 7.17. The number of fused-ring (bicyclic) bond motifs is 1. The minimum Gasteiger partial charge on any atom is -0.450 e. The third kappa shape index (κ3) is 4.14. The van der Waals surface area contributed by atoms with Gasteiger partial charge in [0.25, 0.3) is 0 Å². The highest BCUT2D eigenvalue weighted by Crippen LogP contribution is 2.39. The Morgan fingerprint density at radius 2 is 2.18 bits per heavy atom. The minimum absolute atomic E-state index is 0.0290. The van der Waals surface area contributed by atoms with Gasteiger partial charge in [0.1, 0.15) is 5.00 Å². The van der Waals surface area contributed by atoms with Gasteiger partial charge in [-0.05, 0) is 31.1 Å². The van der Waals surface area contributed by atoms with Gasteiger partial charge in [-0.15, -0.1) is 11.3 Å². The zero-order chi connectivity index (χ0) is 20.3. The second-order valence-electron chi connectivity index (χ2n) is 6.08. The van der Waals surface area contributed by atoms with Crippen LogP contribution in [-0.2, 0) is 22.5 Å². The lowest BCUT2D eigenvalue weighted by atomic mass is 10.1. The molecule has 2 amide bonds. The van der Waals surface area contributed by atoms with Crippen molar-refractivity contribution in [3.8, 4) is 0 Å². The quantitative estimate of drug-likeness (QED) is 0.756. The van der Waals surface area contributed by atoms with Crippen molar-refractivity contribution in [1.29, 1.82) is 0 Å². The number of ether oxygens (including phenoxy) is 1. The fourth-order valence-electron chi connectivity index (χ4n) is 2.86. The number of thiophene rings is 1. The van der Waals surface area contributed by atoms with E-state index in [0.717, 1.165) is 22.6 Å². The van der Waals surface area contributed by atoms with Crippen LogP contribution in [0, 0.1) is 11.6 Å². The number of nitrogen functional groups attached to an aromatic ring is 1. The maximum absolute atomic E-state index is 13.6. The number of halogens is 2. The Morgan fingerprint density at radius 1 is 1.39 bits per heavy atom. The van der Waals surface area contributed by atoms with Crippen LogP contribution >= 0.6 is 11.3 Å². The van der Waals surface area contributed by atoms with Crippen LogP contribution in [0.25, 0.3) is 6.08 Å². The summed E-state index contributed by atoms with van der Waals surface area (Å²) in [5, 5.41) is 3.12. The highest BCUT2D eigenvalue weighted by atomic mass is 32.1. The zero-order valence-electron chi connectivity index (χ0n) is 15.1. The Hall–Kier alpha value is -2.94. The molecule has 6 nitrogen and oxygen atoms in total. The van der Waals surface area contributed by atoms with Crippen molar-refractivity contribution in [2.45, 2.75) is 19.9 Å². The Bertz CT molecular complexity index is 943. The van der Waals surface area contributed by atoms with E-state index in [2.05, 4.69) is 5.32 Å². The molecule has 1 aromatic carbocycles. The lowest BCUT2D eigenvalue weighted by molar-refractivity contribution is -0.111. The van der Waals surface area contributed by atoms with E-state index in [4.69, 9.17) is 10.5 Å². The second-order valence-corrected chi connectivity index (χ2v) is 7.19. The molecule has 3 N–H and O–H groups in total. The topological polar surface area (TPSA) is 84.7 Å². The number of hydrogen-bond acceptors (Lipinski definition) is 5. The Morgan fingerprint density at radius 3 is 2.93 bits per heavy atom. The molecule has 0 bridgehead atoms. The average molecular weight is 407 g/mol. The Kier molecular flexibility index (Phi) is 5.93. The summed E-state index contributed by atoms with van der Waals surface area (Å²) in [5.74, 6) is -2.52. The van der Waals surface area contributed by atoms with E-state index in [1.165, 1.54) is 29.5 Å². The highest BCUT2D eigenvalue weighted by Gasteiger charge is 2.26. The smallest absolute Gasteiger partial charge is 0.410 e. The van der Waals surface area contributed by atoms with Crippen LogP contribution in [0.1, 0.15) is 22.9 Å². The number of nitrogens with zero attached hydrogens (tertiary/aromatic N) is 1. The molecule has 3 rings (SSSR count). The molecular formula is C19H19F2N3O3S. The molecule has 1 aromatic heterocycles. The van der Waals surface area contributed by atoms with Crippen molar-refractivity contribution < 1.29 is 23.1 Å². The van der Waals surface area contributed by atoms with E-state index in [1.54, 1.807) is 11.8 Å². The Balaban J connectivity index is 1.70. The van der Waals surface area contributed by atoms with E-state index in [9.17, 15) is 18.4 Å². The molecule has 0 aliphatic carbocycles. The van der Waals surface area contributed by atoms with E-state index in [1.807, 2.05) is 0 Å². The summed E-state index contributed by atoms with van der Waals surface area (Å²) in [4.78, 5) is 26.5. The van der Waals surface area contributed by atoms with E-state index < -0.39 is 17.5 Å². The number of carbonyl (C=O) groups excluding carboxylic acids is 2. The summed E-state index contributed by atoms with van der Waals surface area (Å²) in [7, 11) is 0. The van der Waals surface area contributed by atoms with E-state index in [-0.39, 0.29) is 11.7 Å². The number of hydrogen-bond donors (Lipinski definition) is 2. The third-order valence-electron chi connectivity index (χ3n) is 4.26. The van der Waals surface area contributed by atoms with Gasteiger partial charge >= 0.3 is 6.09 Å². The molecule has 2 heterocycles. The van der Waals surface area contributed by atoms with Gasteiger partial charge < -0.3 is 20.7 Å². The summed E-state index contributed by atoms with van der Waals surface area (Å²) in [6.07, 6.45) is 2.49. The zero-order valence-corrected chi connectivity index (χ0v) is 15.9. The lowest BCUT2D eigenvalue weighted by Crippen LogP contribution is -2.35. The number of rotatable bonds is 4. The first kappa shape index (κ1) is 19.8. The van der Waals surface area contributed by atoms with Gasteiger partial charge in [-0.3, -0.25) is 4.79 Å². The van der Waals surface area contributed by atoms with Gasteiger partial charge in [0.15, 0.2) is 11.6 Å². The summed E-state index contributed by atoms with van der Waals surface area (Å²) in [6.45, 7) is 2.89. The summed E-state index contributed by atoms with van der Waals surface area (Å²) >= 11 is 1.28. The molecule has 0 saturated carbocycles. The van der Waals surface area contributed by atoms with Gasteiger partial charge in [0.05, 0.1) is 18.8 Å². The number of benzene rings is 1. The number of nitrogens with one attached hydrogen (secondary N) is 1. The SMILES string of the molecule is CCOC(=O)N1CCc2c(sc(NC(=O)/C=C/c3cccc(F)c3F)c2N)C1. The first-order valence-corrected chi connectivity index (χ1v) is 9.47. The van der Waals surface area contributed by atoms with E-state index >= 15 is 0 Å². The van der Waals surface area contributed by atoms with Gasteiger partial charge in [0, 0.05) is 23.1 Å². The summed E-state index contributed by atoms with van der Waals surface area (Å²) in [6, 6.07) is 3.73. The molecule has 28 heavy (non-hydrogen) atoms. The van der Waals surface area contributed by atoms with Gasteiger partial charge in [-0.1, -0.05) is 12.1 Å². The van der Waals surface area contributed by atoms with Crippen LogP contribution < -0.4 is 11.1 Å². The van der Waals surface area contributed by atoms with Gasteiger partial charge in [-0.25, -0.2) is 13.6 Å². The number of anilines is 2. The van der Waals surface area contributed by atoms with E-state index in [0.29, 0.717) is 36.8 Å². The maximum Gasteiger partial charge on any atom is 0.410 e. The van der Waals surface area contributed by atoms with Crippen molar-refractivity contribution in [2.75, 3.05) is 24.2 Å². The molecule has 0 spiro atoms. The molecule has 0 unspecified atom stereocenters. The second kappa shape index (κ2) is 8.39. The molecular weight excluding hydrogens is 388 g/mol. The molecule has 2 aromatic rings. The van der Waals surface area contributed by atoms with Crippen molar-refractivity contribution in [3.63, 3.8) is 0 Å². The molecule has 0 saturated heterocycles. The third-order valence-corrected chi connectivity index (χ3v) is 5.40. The van der Waals surface area contributed by atoms with Crippen molar-refractivity contribution in [2.24, 2.45) is 0 Å². The number of amides is 2. The van der Waals surface area contributed by atoms with Crippen molar-refractivity contribution >= 4 is 40.1 Å². The van der Waals surface area contributed by atoms with Crippen LogP contribution in [0.3, 0.4) is 0 Å². The molecule has 148 valence electrons. The number of nitrogens with two attached hydrogens (primary N) is 1. The Labute approximate surface area is 164 Å². The average Bonchev–Trinajstić information content (AvgIpc) is 2.98. The van der Waals surface area contributed by atoms with Crippen molar-refractivity contribution in [3.05, 3.63) is 51.9 Å². The normalized spacial score (nSPS) is 13.5. The fraction of sp³-hybridized carbons (Fsp3) is 0.263. The van der Waals surface area contributed by atoms with Crippen LogP contribution in [0.2, 0.25) is 0 Å². The predicted octanol–water partition coefficient (Wildman–Crippen LogP) is 3.78. The molecule has 9 heteroatoms. The lowest BCUT2D eigenvalue weighted by Gasteiger charge is -2.26. The monoisotopic (exact) mass is 407 g/mol. The minimum atomic E-state index is -1.02. The van der Waals surface area contributed by atoms with Crippen LogP contribution in [-0.4, -0.2) is 30.1 Å². The molecule has 0 fully saturated rings. The molecule has 1 aliphatic rings. The fourth-order valence-corrected chi connectivity index (χ4v) is 4.05. The van der Waals surface area contributed by atoms with Gasteiger partial charge in [-0.2, -0.15) is 0 Å². The molecule has 0 atom stereocenters. The molecule has 0 radical (unpaired) electrons. The predicted molar refractivity (Wildman–Crippen MR) is 104 cm³/mol. The van der Waals surface area contributed by atoms with Crippen molar-refractivity contribution in [1.82, 2.24) is 4.90 Å². The van der Waals surface area contributed by atoms with Crippen LogP contribution in [0.15, 0.2) is 24.3 Å².